The number of benzene rings is 3. The third kappa shape index (κ3) is 5.79. The van der Waals surface area contributed by atoms with Crippen LogP contribution in [0.2, 0.25) is 0 Å². The minimum absolute atomic E-state index is 0.422. The lowest BCUT2D eigenvalue weighted by Crippen LogP contribution is -2.07. The van der Waals surface area contributed by atoms with E-state index in [1.807, 2.05) is 93.9 Å². The van der Waals surface area contributed by atoms with Gasteiger partial charge in [-0.3, -0.25) is 0 Å². The summed E-state index contributed by atoms with van der Waals surface area (Å²) in [6.07, 6.45) is 0. The zero-order chi connectivity index (χ0) is 23.0. The van der Waals surface area contributed by atoms with E-state index in [2.05, 4.69) is 46.9 Å². The Morgan fingerprint density at radius 2 is 0.576 bits per heavy atom. The molecule has 9 heteroatoms. The van der Waals surface area contributed by atoms with Gasteiger partial charge < -0.3 is 31.9 Å². The first-order valence-corrected chi connectivity index (χ1v) is 10.6. The standard InChI is InChI=1S/C24H27N9/c1-25-16-4-10-19(11-5-16)28-22-31-23(29-20-12-6-17(26-2)7-13-20)33-24(32-22)30-21-14-8-18(27-3)9-15-21/h4-15,25-27H,1-3H3,(H3,28,29,30,31,32,33). The van der Waals surface area contributed by atoms with Crippen LogP contribution in [0.25, 0.3) is 0 Å². The van der Waals surface area contributed by atoms with E-state index in [4.69, 9.17) is 0 Å². The molecule has 3 aromatic carbocycles. The van der Waals surface area contributed by atoms with E-state index in [9.17, 15) is 0 Å². The van der Waals surface area contributed by atoms with Gasteiger partial charge in [-0.05, 0) is 72.8 Å². The summed E-state index contributed by atoms with van der Waals surface area (Å²) in [5.74, 6) is 1.27. The highest BCUT2D eigenvalue weighted by molar-refractivity contribution is 5.65. The lowest BCUT2D eigenvalue weighted by atomic mass is 10.3. The molecule has 0 fully saturated rings. The van der Waals surface area contributed by atoms with Gasteiger partial charge in [0.15, 0.2) is 0 Å². The van der Waals surface area contributed by atoms with Crippen LogP contribution in [0.15, 0.2) is 72.8 Å². The van der Waals surface area contributed by atoms with E-state index in [1.165, 1.54) is 0 Å². The monoisotopic (exact) mass is 441 g/mol. The second-order valence-electron chi connectivity index (χ2n) is 7.16. The summed E-state index contributed by atoms with van der Waals surface area (Å²) in [6.45, 7) is 0. The van der Waals surface area contributed by atoms with E-state index in [0.717, 1.165) is 34.1 Å². The molecule has 0 saturated carbocycles. The molecule has 0 radical (unpaired) electrons. The molecule has 4 rings (SSSR count). The van der Waals surface area contributed by atoms with Gasteiger partial charge in [0.05, 0.1) is 0 Å². The van der Waals surface area contributed by atoms with Gasteiger partial charge >= 0.3 is 0 Å². The van der Waals surface area contributed by atoms with Crippen molar-refractivity contribution in [2.24, 2.45) is 0 Å². The molecule has 1 heterocycles. The van der Waals surface area contributed by atoms with Crippen molar-refractivity contribution < 1.29 is 0 Å². The summed E-state index contributed by atoms with van der Waals surface area (Å²) in [5.41, 5.74) is 5.68. The van der Waals surface area contributed by atoms with Crippen LogP contribution >= 0.6 is 0 Å². The highest BCUT2D eigenvalue weighted by Crippen LogP contribution is 2.23. The Labute approximate surface area is 193 Å². The van der Waals surface area contributed by atoms with Gasteiger partial charge in [0, 0.05) is 55.3 Å². The van der Waals surface area contributed by atoms with Gasteiger partial charge in [-0.25, -0.2) is 0 Å². The number of aromatic nitrogens is 3. The molecule has 33 heavy (non-hydrogen) atoms. The largest absolute Gasteiger partial charge is 0.388 e. The molecule has 0 aliphatic heterocycles. The fourth-order valence-electron chi connectivity index (χ4n) is 3.09. The van der Waals surface area contributed by atoms with E-state index < -0.39 is 0 Å². The van der Waals surface area contributed by atoms with Crippen molar-refractivity contribution in [3.05, 3.63) is 72.8 Å². The average Bonchev–Trinajstić information content (AvgIpc) is 2.85. The molecule has 9 nitrogen and oxygen atoms in total. The van der Waals surface area contributed by atoms with Gasteiger partial charge in [0.25, 0.3) is 0 Å². The van der Waals surface area contributed by atoms with E-state index in [0.29, 0.717) is 17.8 Å². The fourth-order valence-corrected chi connectivity index (χ4v) is 3.09. The topological polar surface area (TPSA) is 111 Å². The van der Waals surface area contributed by atoms with Crippen molar-refractivity contribution in [2.75, 3.05) is 53.0 Å². The predicted molar refractivity (Wildman–Crippen MR) is 138 cm³/mol. The Balaban J connectivity index is 1.61. The Bertz CT molecular complexity index is 1010. The number of hydrogen-bond acceptors (Lipinski definition) is 9. The van der Waals surface area contributed by atoms with Gasteiger partial charge in [0.1, 0.15) is 0 Å². The quantitative estimate of drug-likeness (QED) is 0.208. The van der Waals surface area contributed by atoms with E-state index in [1.54, 1.807) is 0 Å². The van der Waals surface area contributed by atoms with Crippen LogP contribution in [0.4, 0.5) is 52.0 Å². The maximum Gasteiger partial charge on any atom is 0.233 e. The molecule has 4 aromatic rings. The van der Waals surface area contributed by atoms with Gasteiger partial charge in [-0.15, -0.1) is 0 Å². The number of nitrogens with zero attached hydrogens (tertiary/aromatic N) is 3. The molecule has 0 aliphatic rings. The summed E-state index contributed by atoms with van der Waals surface area (Å²) < 4.78 is 0. The molecular weight excluding hydrogens is 414 g/mol. The maximum absolute atomic E-state index is 4.55. The molecule has 0 saturated heterocycles. The second-order valence-corrected chi connectivity index (χ2v) is 7.16. The first-order chi connectivity index (χ1) is 16.1. The highest BCUT2D eigenvalue weighted by Gasteiger charge is 2.09. The van der Waals surface area contributed by atoms with Crippen LogP contribution in [0.1, 0.15) is 0 Å². The van der Waals surface area contributed by atoms with Crippen LogP contribution in [0, 0.1) is 0 Å². The molecule has 0 atom stereocenters. The zero-order valence-corrected chi connectivity index (χ0v) is 18.8. The molecule has 0 bridgehead atoms. The SMILES string of the molecule is CNc1ccc(Nc2nc(Nc3ccc(NC)cc3)nc(Nc3ccc(NC)cc3)n2)cc1. The third-order valence-electron chi connectivity index (χ3n) is 4.92. The van der Waals surface area contributed by atoms with Crippen molar-refractivity contribution in [1.82, 2.24) is 15.0 Å². The first kappa shape index (κ1) is 21.7. The van der Waals surface area contributed by atoms with Gasteiger partial charge in [0.2, 0.25) is 17.8 Å². The zero-order valence-electron chi connectivity index (χ0n) is 18.8. The molecule has 1 aromatic heterocycles. The smallest absolute Gasteiger partial charge is 0.233 e. The number of rotatable bonds is 9. The minimum atomic E-state index is 0.422. The molecule has 168 valence electrons. The maximum atomic E-state index is 4.55. The van der Waals surface area contributed by atoms with Crippen molar-refractivity contribution in [3.63, 3.8) is 0 Å². The summed E-state index contributed by atoms with van der Waals surface area (Å²) in [6, 6.07) is 23.7. The molecule has 0 aliphatic carbocycles. The molecule has 6 N–H and O–H groups in total. The summed E-state index contributed by atoms with van der Waals surface area (Å²) in [7, 11) is 5.66. The molecule has 0 amide bonds. The summed E-state index contributed by atoms with van der Waals surface area (Å²) in [5, 5.41) is 19.1. The Morgan fingerprint density at radius 3 is 0.788 bits per heavy atom. The number of nitrogens with one attached hydrogen (secondary N) is 6. The second kappa shape index (κ2) is 10.2. The van der Waals surface area contributed by atoms with Crippen molar-refractivity contribution in [1.29, 1.82) is 0 Å². The molecule has 0 spiro atoms. The van der Waals surface area contributed by atoms with Crippen LogP contribution in [0.3, 0.4) is 0 Å². The summed E-state index contributed by atoms with van der Waals surface area (Å²) in [4.78, 5) is 13.7. The Kier molecular flexibility index (Phi) is 6.70. The van der Waals surface area contributed by atoms with Crippen LogP contribution in [-0.4, -0.2) is 36.1 Å². The Morgan fingerprint density at radius 1 is 0.364 bits per heavy atom. The van der Waals surface area contributed by atoms with Crippen LogP contribution in [0.5, 0.6) is 0 Å². The molecule has 0 unspecified atom stereocenters. The normalized spacial score (nSPS) is 10.3. The summed E-state index contributed by atoms with van der Waals surface area (Å²) >= 11 is 0. The number of anilines is 9. The van der Waals surface area contributed by atoms with Crippen LogP contribution < -0.4 is 31.9 Å². The van der Waals surface area contributed by atoms with Gasteiger partial charge in [-0.1, -0.05) is 0 Å². The fraction of sp³-hybridized carbons (Fsp3) is 0.125. The van der Waals surface area contributed by atoms with Crippen molar-refractivity contribution in [2.45, 2.75) is 0 Å². The molecular formula is C24H27N9. The van der Waals surface area contributed by atoms with Gasteiger partial charge in [-0.2, -0.15) is 15.0 Å². The third-order valence-corrected chi connectivity index (χ3v) is 4.92. The van der Waals surface area contributed by atoms with E-state index >= 15 is 0 Å². The minimum Gasteiger partial charge on any atom is -0.388 e. The first-order valence-electron chi connectivity index (χ1n) is 10.6. The lowest BCUT2D eigenvalue weighted by molar-refractivity contribution is 1.06. The lowest BCUT2D eigenvalue weighted by Gasteiger charge is -2.12. The average molecular weight is 442 g/mol. The van der Waals surface area contributed by atoms with E-state index in [-0.39, 0.29) is 0 Å². The highest BCUT2D eigenvalue weighted by atomic mass is 15.3. The van der Waals surface area contributed by atoms with Crippen molar-refractivity contribution >= 4 is 52.0 Å². The number of hydrogen-bond donors (Lipinski definition) is 6. The Hall–Kier alpha value is -4.53. The van der Waals surface area contributed by atoms with Crippen molar-refractivity contribution in [3.8, 4) is 0 Å². The predicted octanol–water partition coefficient (Wildman–Crippen LogP) is 5.23. The van der Waals surface area contributed by atoms with Crippen LogP contribution in [-0.2, 0) is 0 Å².